The third kappa shape index (κ3) is 16.9. The van der Waals surface area contributed by atoms with Crippen LogP contribution >= 0.6 is 0 Å². The molecule has 13 nitrogen and oxygen atoms in total. The Morgan fingerprint density at radius 2 is 1.60 bits per heavy atom. The van der Waals surface area contributed by atoms with Crippen molar-refractivity contribution in [3.63, 3.8) is 0 Å². The summed E-state index contributed by atoms with van der Waals surface area (Å²) in [5, 5.41) is 14.1. The van der Waals surface area contributed by atoms with Crippen molar-refractivity contribution in [2.45, 2.75) is 118 Å². The third-order valence-corrected chi connectivity index (χ3v) is 9.53. The summed E-state index contributed by atoms with van der Waals surface area (Å²) in [7, 11) is 6.59. The second-order valence-corrected chi connectivity index (χ2v) is 14.4. The van der Waals surface area contributed by atoms with Gasteiger partial charge in [0, 0.05) is 34.2 Å². The largest absolute Gasteiger partial charge is 0.480 e. The number of methoxy groups -OCH3 is 2. The number of ether oxygens (including phenoxy) is 2. The first-order valence-corrected chi connectivity index (χ1v) is 18.5. The van der Waals surface area contributed by atoms with Crippen molar-refractivity contribution in [1.29, 1.82) is 0 Å². The highest BCUT2D eigenvalue weighted by Gasteiger charge is 2.42. The molecule has 4 amide bonds. The number of carbonyl (C=O) groups excluding carboxylic acids is 4. The number of hydrogen-bond donors (Lipinski definition) is 4. The van der Waals surface area contributed by atoms with E-state index in [4.69, 9.17) is 20.3 Å². The van der Waals surface area contributed by atoms with Gasteiger partial charge in [0.05, 0.1) is 42.7 Å². The normalized spacial score (nSPS) is 17.3. The van der Waals surface area contributed by atoms with Gasteiger partial charge in [-0.3, -0.25) is 24.0 Å². The molecule has 1 aromatic carbocycles. The molecule has 52 heavy (non-hydrogen) atoms. The monoisotopic (exact) mass is 736 g/mol. The van der Waals surface area contributed by atoms with Gasteiger partial charge in [0.15, 0.2) is 0 Å². The summed E-state index contributed by atoms with van der Waals surface area (Å²) >= 11 is 0. The molecule has 1 fully saturated rings. The number of rotatable bonds is 18. The molecule has 13 heteroatoms. The van der Waals surface area contributed by atoms with Crippen LogP contribution in [0, 0.1) is 30.6 Å². The summed E-state index contributed by atoms with van der Waals surface area (Å²) in [6.07, 6.45) is 1.77. The van der Waals surface area contributed by atoms with Gasteiger partial charge < -0.3 is 40.7 Å². The van der Waals surface area contributed by atoms with Gasteiger partial charge in [0.25, 0.3) is 0 Å². The van der Waals surface area contributed by atoms with Crippen LogP contribution in [0.1, 0.15) is 86.1 Å². The van der Waals surface area contributed by atoms with Crippen LogP contribution in [-0.2, 0) is 33.4 Å². The maximum absolute atomic E-state index is 13.5. The zero-order chi connectivity index (χ0) is 40.1. The molecule has 0 saturated carbocycles. The fourth-order valence-corrected chi connectivity index (χ4v) is 6.48. The predicted molar refractivity (Wildman–Crippen MR) is 204 cm³/mol. The minimum Gasteiger partial charge on any atom is -0.480 e. The van der Waals surface area contributed by atoms with Crippen LogP contribution in [0.15, 0.2) is 30.3 Å². The topological polar surface area (TPSA) is 181 Å². The van der Waals surface area contributed by atoms with E-state index >= 15 is 0 Å². The molecule has 1 saturated heterocycles. The Balaban J connectivity index is 0.00000132. The summed E-state index contributed by atoms with van der Waals surface area (Å²) in [6, 6.07) is 9.51. The van der Waals surface area contributed by atoms with Crippen LogP contribution in [0.3, 0.4) is 0 Å². The summed E-state index contributed by atoms with van der Waals surface area (Å²) < 4.78 is 11.5. The van der Waals surface area contributed by atoms with Crippen molar-refractivity contribution >= 4 is 29.6 Å². The predicted octanol–water partition coefficient (Wildman–Crippen LogP) is 3.86. The fraction of sp³-hybridized carbons (Fsp3) is 0.718. The van der Waals surface area contributed by atoms with E-state index in [2.05, 4.69) is 43.5 Å². The molecule has 0 aliphatic carbocycles. The van der Waals surface area contributed by atoms with E-state index in [1.54, 1.807) is 37.9 Å². The van der Waals surface area contributed by atoms with Gasteiger partial charge in [0.2, 0.25) is 23.6 Å². The number of nitrogens with one attached hydrogen (secondary N) is 2. The van der Waals surface area contributed by atoms with Gasteiger partial charge in [0.1, 0.15) is 6.54 Å². The van der Waals surface area contributed by atoms with Crippen LogP contribution in [0.4, 0.5) is 0 Å². The number of hydrogen-bond acceptors (Lipinski definition) is 8. The van der Waals surface area contributed by atoms with Crippen molar-refractivity contribution in [3.8, 4) is 0 Å². The van der Waals surface area contributed by atoms with Crippen LogP contribution in [0.5, 0.6) is 0 Å². The Labute approximate surface area is 312 Å². The fourth-order valence-electron chi connectivity index (χ4n) is 6.48. The van der Waals surface area contributed by atoms with Crippen molar-refractivity contribution in [1.82, 2.24) is 20.4 Å². The molecule has 298 valence electrons. The molecule has 5 N–H and O–H groups in total. The van der Waals surface area contributed by atoms with Crippen LogP contribution in [-0.4, -0.2) is 116 Å². The number of primary amides is 1. The Morgan fingerprint density at radius 1 is 1.00 bits per heavy atom. The Morgan fingerprint density at radius 3 is 1.98 bits per heavy atom. The maximum atomic E-state index is 13.5. The van der Waals surface area contributed by atoms with E-state index in [-0.39, 0.29) is 60.0 Å². The highest BCUT2D eigenvalue weighted by molar-refractivity contribution is 5.83. The van der Waals surface area contributed by atoms with Crippen LogP contribution in [0.25, 0.3) is 0 Å². The lowest BCUT2D eigenvalue weighted by molar-refractivity contribution is -0.146. The molecule has 0 radical (unpaired) electrons. The number of carboxylic acids is 1. The van der Waals surface area contributed by atoms with Gasteiger partial charge in [-0.25, -0.2) is 0 Å². The number of amides is 4. The van der Waals surface area contributed by atoms with Gasteiger partial charge in [-0.1, -0.05) is 90.8 Å². The zero-order valence-electron chi connectivity index (χ0n) is 33.8. The molecule has 1 aliphatic rings. The Bertz CT molecular complexity index is 1210. The van der Waals surface area contributed by atoms with E-state index in [1.807, 2.05) is 45.9 Å². The smallest absolute Gasteiger partial charge is 0.322 e. The molecule has 0 bridgehead atoms. The average Bonchev–Trinajstić information content (AvgIpc) is 3.57. The lowest BCUT2D eigenvalue weighted by Crippen LogP contribution is -2.53. The number of benzene rings is 1. The summed E-state index contributed by atoms with van der Waals surface area (Å²) in [6.45, 7) is 15.9. The number of likely N-dealkylation sites (N-methyl/N-ethyl adjacent to an activating group) is 2. The molecule has 0 aromatic heterocycles. The van der Waals surface area contributed by atoms with Crippen LogP contribution < -0.4 is 16.4 Å². The third-order valence-electron chi connectivity index (χ3n) is 9.53. The maximum Gasteiger partial charge on any atom is 0.322 e. The van der Waals surface area contributed by atoms with Crippen molar-refractivity contribution < 1.29 is 38.6 Å². The van der Waals surface area contributed by atoms with Gasteiger partial charge >= 0.3 is 5.97 Å². The first-order valence-electron chi connectivity index (χ1n) is 18.5. The van der Waals surface area contributed by atoms with E-state index in [1.165, 1.54) is 12.7 Å². The lowest BCUT2D eigenvalue weighted by Gasteiger charge is -2.39. The number of carboxylic acid groups (broad SMARTS) is 1. The quantitative estimate of drug-likeness (QED) is 0.174. The molecule has 2 rings (SSSR count). The highest BCUT2D eigenvalue weighted by atomic mass is 16.5. The molecular formula is C39H69N5O8. The number of aryl methyl sites for hydroxylation is 1. The molecular weight excluding hydrogens is 666 g/mol. The van der Waals surface area contributed by atoms with E-state index < -0.39 is 36.5 Å². The lowest BCUT2D eigenvalue weighted by atomic mass is 9.90. The molecule has 1 aliphatic heterocycles. The minimum atomic E-state index is -1.12. The number of aliphatic carboxylic acids is 1. The summed E-state index contributed by atoms with van der Waals surface area (Å²) in [5.41, 5.74) is 6.37. The Hall–Kier alpha value is -3.55. The van der Waals surface area contributed by atoms with Crippen molar-refractivity contribution in [3.05, 3.63) is 35.9 Å². The van der Waals surface area contributed by atoms with Crippen LogP contribution in [0.2, 0.25) is 0 Å². The van der Waals surface area contributed by atoms with Crippen molar-refractivity contribution in [2.24, 2.45) is 29.4 Å². The molecule has 7 atom stereocenters. The van der Waals surface area contributed by atoms with E-state index in [0.717, 1.165) is 12.8 Å². The van der Waals surface area contributed by atoms with Crippen molar-refractivity contribution in [2.75, 3.05) is 41.4 Å². The highest BCUT2D eigenvalue weighted by Crippen LogP contribution is 2.29. The zero-order valence-corrected chi connectivity index (χ0v) is 33.8. The second kappa shape index (κ2) is 25.4. The molecule has 7 unspecified atom stereocenters. The Kier molecular flexibility index (Phi) is 23.7. The van der Waals surface area contributed by atoms with Gasteiger partial charge in [-0.15, -0.1) is 0 Å². The first-order chi connectivity index (χ1) is 24.4. The molecule has 1 aromatic rings. The average molecular weight is 736 g/mol. The van der Waals surface area contributed by atoms with Gasteiger partial charge in [-0.2, -0.15) is 0 Å². The number of carbonyl (C=O) groups is 5. The second-order valence-electron chi connectivity index (χ2n) is 14.4. The van der Waals surface area contributed by atoms with E-state index in [9.17, 15) is 24.0 Å². The number of nitrogens with zero attached hydrogens (tertiary/aromatic N) is 2. The summed E-state index contributed by atoms with van der Waals surface area (Å²) in [5.74, 6) is -1.93. The molecule has 0 spiro atoms. The number of nitrogens with two attached hydrogens (primary N) is 1. The van der Waals surface area contributed by atoms with Gasteiger partial charge in [-0.05, 0) is 44.6 Å². The SMILES string of the molecule is CCC(C)C(C(CC(=O)N1CCCC1C(OC)C(C)C(=O)NCC(=O)O)OC)N(C)C(=O)CC(C)C.CNC(C(N)=O)C(C)C.Cc1ccccc1. The number of likely N-dealkylation sites (tertiary alicyclic amines) is 1. The summed E-state index contributed by atoms with van der Waals surface area (Å²) in [4.78, 5) is 63.8. The minimum absolute atomic E-state index is 0.0319. The molecule has 1 heterocycles. The first kappa shape index (κ1) is 48.5. The van der Waals surface area contributed by atoms with E-state index in [0.29, 0.717) is 19.4 Å². The standard InChI is InChI=1S/C26H47N3O7.C7H8.C6H14N2O/c1-9-17(4)24(28(6)21(30)13-16(2)3)20(35-7)14-22(31)29-12-10-11-19(29)25(36-8)18(5)26(34)27-15-23(32)33;1-7-5-3-2-4-6-7;1-4(2)5(8-3)6(7)9/h16-20,24-25H,9-15H2,1-8H3,(H,27,34)(H,32,33);2-6H,1H3;4-5,8H,1-3H3,(H2,7,9).